The quantitative estimate of drug-likeness (QED) is 0.150. The highest BCUT2D eigenvalue weighted by Crippen LogP contribution is 2.52. The van der Waals surface area contributed by atoms with E-state index in [9.17, 15) is 16.8 Å². The molecule has 2 aromatic heterocycles. The van der Waals surface area contributed by atoms with Gasteiger partial charge in [0, 0.05) is 59.1 Å². The molecule has 10 nitrogen and oxygen atoms in total. The molecule has 0 aliphatic carbocycles. The molecule has 0 unspecified atom stereocenters. The third-order valence-corrected chi connectivity index (χ3v) is 20.8. The highest BCUT2D eigenvalue weighted by Gasteiger charge is 2.34. The average molecular weight is 1130 g/mol. The van der Waals surface area contributed by atoms with Gasteiger partial charge in [-0.2, -0.15) is 8.61 Å². The minimum atomic E-state index is -3.79. The van der Waals surface area contributed by atoms with Crippen LogP contribution in [0.2, 0.25) is 0 Å². The number of ether oxygens (including phenoxy) is 2. The van der Waals surface area contributed by atoms with E-state index in [0.29, 0.717) is 52.6 Å². The Hall–Kier alpha value is -6.64. The first-order valence-corrected chi connectivity index (χ1v) is 31.7. The van der Waals surface area contributed by atoms with E-state index in [-0.39, 0.29) is 31.5 Å². The van der Waals surface area contributed by atoms with E-state index in [2.05, 4.69) is 189 Å². The molecule has 82 heavy (non-hydrogen) atoms. The molecule has 424 valence electrons. The van der Waals surface area contributed by atoms with Gasteiger partial charge in [-0.15, -0.1) is 0 Å². The number of rotatable bonds is 8. The monoisotopic (exact) mass is 1130 g/mol. The van der Waals surface area contributed by atoms with Gasteiger partial charge < -0.3 is 18.6 Å². The molecule has 0 amide bonds. The lowest BCUT2D eigenvalue weighted by atomic mass is 9.80. The summed E-state index contributed by atoms with van der Waals surface area (Å²) >= 11 is 0. The zero-order valence-corrected chi connectivity index (χ0v) is 51.2. The Morgan fingerprint density at radius 1 is 0.366 bits per heavy atom. The van der Waals surface area contributed by atoms with Gasteiger partial charge in [-0.1, -0.05) is 168 Å². The van der Waals surface area contributed by atoms with Crippen molar-refractivity contribution in [2.45, 2.75) is 115 Å². The van der Waals surface area contributed by atoms with Crippen LogP contribution < -0.4 is 0 Å². The molecule has 12 rings (SSSR count). The van der Waals surface area contributed by atoms with Crippen molar-refractivity contribution in [3.8, 4) is 33.6 Å². The fourth-order valence-electron chi connectivity index (χ4n) is 12.2. The zero-order chi connectivity index (χ0) is 58.1. The molecule has 0 spiro atoms. The van der Waals surface area contributed by atoms with E-state index in [0.717, 1.165) is 88.0 Å². The van der Waals surface area contributed by atoms with Crippen LogP contribution in [0.5, 0.6) is 0 Å². The van der Waals surface area contributed by atoms with Crippen LogP contribution in [0.15, 0.2) is 155 Å². The number of hydrogen-bond donors (Lipinski definition) is 0. The van der Waals surface area contributed by atoms with Gasteiger partial charge in [-0.25, -0.2) is 16.8 Å². The summed E-state index contributed by atoms with van der Waals surface area (Å²) in [6.45, 7) is 30.1. The summed E-state index contributed by atoms with van der Waals surface area (Å²) in [5.74, 6) is 0. The fraction of sp³-hybridized carbons (Fsp3) is 0.343. The van der Waals surface area contributed by atoms with Crippen molar-refractivity contribution in [2.24, 2.45) is 0 Å². The zero-order valence-electron chi connectivity index (χ0n) is 49.6. The maximum Gasteiger partial charge on any atom is 0.243 e. The molecule has 8 aromatic carbocycles. The van der Waals surface area contributed by atoms with Crippen molar-refractivity contribution in [1.29, 1.82) is 0 Å². The second-order valence-electron chi connectivity index (χ2n) is 26.7. The molecule has 2 aliphatic heterocycles. The van der Waals surface area contributed by atoms with Gasteiger partial charge in [0.1, 0.15) is 0 Å². The lowest BCUT2D eigenvalue weighted by Gasteiger charge is -2.27. The standard InChI is InChI=1S/C70H76N4O6S2/c1-67(2,3)49-39-50(68(4,5)6)42-53(41-49)73-63-57-19-15-13-17-47(57)37-59(45-21-25-55(26-22-45)81(75,76)71-29-33-79-34-30-71)61(63)66-65(73)62-60(46-23-27-56(28-24-46)82(77,78)72-31-35-80-36-32-72)38-48-18-14-16-20-58(48)64(62)74(66)54-43-51(69(7,8)9)40-52(44-54)70(10,11)12/h13-28,37-44H,29-36H2,1-12H3. The Kier molecular flexibility index (Phi) is 13.6. The molecule has 0 atom stereocenters. The van der Waals surface area contributed by atoms with Crippen molar-refractivity contribution < 1.29 is 26.3 Å². The van der Waals surface area contributed by atoms with Crippen molar-refractivity contribution in [1.82, 2.24) is 17.7 Å². The Balaban J connectivity index is 1.32. The van der Waals surface area contributed by atoms with E-state index >= 15 is 0 Å². The number of benzene rings is 8. The van der Waals surface area contributed by atoms with Crippen molar-refractivity contribution >= 4 is 74.4 Å². The molecule has 0 bridgehead atoms. The van der Waals surface area contributed by atoms with Gasteiger partial charge in [0.25, 0.3) is 0 Å². The minimum absolute atomic E-state index is 0.218. The average Bonchev–Trinajstić information content (AvgIpc) is 2.38. The number of fused-ring (bicyclic) bond motifs is 9. The highest BCUT2D eigenvalue weighted by molar-refractivity contribution is 7.89. The van der Waals surface area contributed by atoms with E-state index in [1.807, 2.05) is 24.3 Å². The summed E-state index contributed by atoms with van der Waals surface area (Å²) in [6, 6.07) is 51.2. The smallest absolute Gasteiger partial charge is 0.243 e. The second kappa shape index (κ2) is 20.0. The van der Waals surface area contributed by atoms with Crippen LogP contribution >= 0.6 is 0 Å². The van der Waals surface area contributed by atoms with Crippen LogP contribution in [0.1, 0.15) is 105 Å². The van der Waals surface area contributed by atoms with Crippen molar-refractivity contribution in [3.63, 3.8) is 0 Å². The normalized spacial score (nSPS) is 15.9. The van der Waals surface area contributed by atoms with Gasteiger partial charge in [-0.05, 0) is 138 Å². The SMILES string of the molecule is CC(C)(C)c1cc(-n2c3c4ccccc4cc(-c4ccc(S(=O)(=O)N5CCOCC5)cc4)c3c3c2c2c(-c4ccc(S(=O)(=O)N5CCOCC5)cc4)cc4ccccc4c2n3-c2cc(C(C)(C)C)cc(C(C)(C)C)c2)cc(C(C)(C)C)c1. The van der Waals surface area contributed by atoms with Gasteiger partial charge in [0.2, 0.25) is 20.0 Å². The van der Waals surface area contributed by atoms with E-state index in [1.165, 1.54) is 30.9 Å². The van der Waals surface area contributed by atoms with Gasteiger partial charge in [0.05, 0.1) is 58.3 Å². The summed E-state index contributed by atoms with van der Waals surface area (Å²) in [7, 11) is -7.59. The molecule has 4 heterocycles. The summed E-state index contributed by atoms with van der Waals surface area (Å²) in [6.07, 6.45) is 0. The maximum absolute atomic E-state index is 14.3. The van der Waals surface area contributed by atoms with E-state index in [1.54, 1.807) is 24.3 Å². The summed E-state index contributed by atoms with van der Waals surface area (Å²) in [5, 5.41) is 6.27. The predicted molar refractivity (Wildman–Crippen MR) is 337 cm³/mol. The summed E-state index contributed by atoms with van der Waals surface area (Å²) < 4.78 is 76.3. The number of hydrogen-bond acceptors (Lipinski definition) is 6. The van der Waals surface area contributed by atoms with Crippen molar-refractivity contribution in [2.75, 3.05) is 52.6 Å². The number of nitrogens with zero attached hydrogens (tertiary/aromatic N) is 4. The van der Waals surface area contributed by atoms with Crippen LogP contribution in [0.3, 0.4) is 0 Å². The largest absolute Gasteiger partial charge is 0.379 e. The van der Waals surface area contributed by atoms with Gasteiger partial charge in [-0.3, -0.25) is 0 Å². The molecule has 0 radical (unpaired) electrons. The lowest BCUT2D eigenvalue weighted by Crippen LogP contribution is -2.40. The third kappa shape index (κ3) is 9.66. The molecule has 0 saturated carbocycles. The minimum Gasteiger partial charge on any atom is -0.379 e. The molecule has 2 aliphatic rings. The highest BCUT2D eigenvalue weighted by atomic mass is 32.2. The fourth-order valence-corrected chi connectivity index (χ4v) is 15.0. The van der Waals surface area contributed by atoms with Gasteiger partial charge >= 0.3 is 0 Å². The molecule has 10 aromatic rings. The van der Waals surface area contributed by atoms with Crippen LogP contribution in [-0.4, -0.2) is 87.2 Å². The topological polar surface area (TPSA) is 103 Å². The number of sulfonamides is 2. The molecule has 2 fully saturated rings. The second-order valence-corrected chi connectivity index (χ2v) is 30.6. The van der Waals surface area contributed by atoms with E-state index < -0.39 is 20.0 Å². The predicted octanol–water partition coefficient (Wildman–Crippen LogP) is 15.6. The number of morpholine rings is 2. The van der Waals surface area contributed by atoms with Crippen LogP contribution in [0, 0.1) is 0 Å². The first-order chi connectivity index (χ1) is 38.7. The van der Waals surface area contributed by atoms with Crippen molar-refractivity contribution in [3.05, 3.63) is 168 Å². The molecule has 2 saturated heterocycles. The molecule has 12 heteroatoms. The molecular formula is C70H76N4O6S2. The lowest BCUT2D eigenvalue weighted by molar-refractivity contribution is 0.0730. The van der Waals surface area contributed by atoms with Crippen LogP contribution in [0.25, 0.3) is 88.0 Å². The van der Waals surface area contributed by atoms with Gasteiger partial charge in [0.15, 0.2) is 0 Å². The molecule has 0 N–H and O–H groups in total. The third-order valence-electron chi connectivity index (χ3n) is 17.0. The van der Waals surface area contributed by atoms with E-state index in [4.69, 9.17) is 9.47 Å². The summed E-state index contributed by atoms with van der Waals surface area (Å²) in [4.78, 5) is 0.489. The Morgan fingerprint density at radius 3 is 0.976 bits per heavy atom. The first kappa shape index (κ1) is 55.9. The van der Waals surface area contributed by atoms with Crippen LogP contribution in [0.4, 0.5) is 0 Å². The maximum atomic E-state index is 14.3. The number of aromatic nitrogens is 2. The Bertz CT molecular complexity index is 4050. The van der Waals surface area contributed by atoms with Crippen LogP contribution in [-0.2, 0) is 51.2 Å². The Labute approximate surface area is 484 Å². The first-order valence-electron chi connectivity index (χ1n) is 28.9. The molecular weight excluding hydrogens is 1060 g/mol. The Morgan fingerprint density at radius 2 is 0.671 bits per heavy atom. The summed E-state index contributed by atoms with van der Waals surface area (Å²) in [5.41, 5.74) is 13.8.